The Morgan fingerprint density at radius 3 is 2.22 bits per heavy atom. The molecule has 0 saturated carbocycles. The zero-order chi connectivity index (χ0) is 13.9. The third kappa shape index (κ3) is 3.61. The molecule has 100 valence electrons. The highest BCUT2D eigenvalue weighted by Gasteiger charge is 2.15. The quantitative estimate of drug-likeness (QED) is 0.850. The van der Waals surface area contributed by atoms with Crippen LogP contribution in [-0.2, 0) is 13.8 Å². The standard InChI is InChI=1S/C11H14ClNO4S/c1-7-4-9(18(12,15)16)5-8(2)11(7)17-6-10(14)13-3/h4-5H,6H2,1-3H3,(H,13,14). The van der Waals surface area contributed by atoms with Gasteiger partial charge in [-0.3, -0.25) is 4.79 Å². The third-order valence-electron chi connectivity index (χ3n) is 2.34. The third-order valence-corrected chi connectivity index (χ3v) is 3.68. The molecule has 0 fully saturated rings. The summed E-state index contributed by atoms with van der Waals surface area (Å²) in [4.78, 5) is 11.1. The van der Waals surface area contributed by atoms with Crippen molar-refractivity contribution < 1.29 is 17.9 Å². The lowest BCUT2D eigenvalue weighted by molar-refractivity contribution is -0.122. The molecule has 18 heavy (non-hydrogen) atoms. The van der Waals surface area contributed by atoms with E-state index in [4.69, 9.17) is 15.4 Å². The summed E-state index contributed by atoms with van der Waals surface area (Å²) in [6.07, 6.45) is 0. The minimum Gasteiger partial charge on any atom is -0.483 e. The number of likely N-dealkylation sites (N-methyl/N-ethyl adjacent to an activating group) is 1. The highest BCUT2D eigenvalue weighted by Crippen LogP contribution is 2.28. The number of amides is 1. The van der Waals surface area contributed by atoms with Crippen molar-refractivity contribution in [3.05, 3.63) is 23.3 Å². The maximum Gasteiger partial charge on any atom is 0.261 e. The van der Waals surface area contributed by atoms with Gasteiger partial charge in [0.2, 0.25) is 0 Å². The van der Waals surface area contributed by atoms with Gasteiger partial charge in [-0.05, 0) is 37.1 Å². The van der Waals surface area contributed by atoms with Crippen LogP contribution in [0.25, 0.3) is 0 Å². The van der Waals surface area contributed by atoms with Crippen molar-refractivity contribution in [3.8, 4) is 5.75 Å². The fraction of sp³-hybridized carbons (Fsp3) is 0.364. The Kier molecular flexibility index (Phi) is 4.59. The highest BCUT2D eigenvalue weighted by atomic mass is 35.7. The van der Waals surface area contributed by atoms with Crippen LogP contribution in [0.2, 0.25) is 0 Å². The Morgan fingerprint density at radius 2 is 1.83 bits per heavy atom. The Bertz CT molecular complexity index is 545. The number of carbonyl (C=O) groups excluding carboxylic acids is 1. The Morgan fingerprint density at radius 1 is 1.33 bits per heavy atom. The fourth-order valence-corrected chi connectivity index (χ4v) is 2.39. The molecule has 1 aromatic carbocycles. The fourth-order valence-electron chi connectivity index (χ4n) is 1.49. The van der Waals surface area contributed by atoms with Gasteiger partial charge in [-0.15, -0.1) is 0 Å². The van der Waals surface area contributed by atoms with Gasteiger partial charge in [0.05, 0.1) is 4.90 Å². The number of hydrogen-bond donors (Lipinski definition) is 1. The van der Waals surface area contributed by atoms with E-state index in [1.165, 1.54) is 19.2 Å². The molecule has 0 aromatic heterocycles. The van der Waals surface area contributed by atoms with Crippen molar-refractivity contribution in [2.45, 2.75) is 18.7 Å². The van der Waals surface area contributed by atoms with Crippen LogP contribution in [0.15, 0.2) is 17.0 Å². The summed E-state index contributed by atoms with van der Waals surface area (Å²) >= 11 is 0. The zero-order valence-electron chi connectivity index (χ0n) is 10.3. The van der Waals surface area contributed by atoms with Gasteiger partial charge >= 0.3 is 0 Å². The van der Waals surface area contributed by atoms with Crippen LogP contribution in [-0.4, -0.2) is 28.0 Å². The minimum atomic E-state index is -3.76. The normalized spacial score (nSPS) is 11.1. The average Bonchev–Trinajstić information content (AvgIpc) is 2.26. The van der Waals surface area contributed by atoms with Crippen LogP contribution >= 0.6 is 10.7 Å². The maximum atomic E-state index is 11.2. The molecule has 0 saturated heterocycles. The molecular formula is C11H14ClNO4S. The lowest BCUT2D eigenvalue weighted by Crippen LogP contribution is -2.25. The van der Waals surface area contributed by atoms with Gasteiger partial charge in [0.1, 0.15) is 5.75 Å². The van der Waals surface area contributed by atoms with Crippen molar-refractivity contribution in [2.24, 2.45) is 0 Å². The van der Waals surface area contributed by atoms with Crippen molar-refractivity contribution in [1.29, 1.82) is 0 Å². The Hall–Kier alpha value is -1.27. The number of nitrogens with one attached hydrogen (secondary N) is 1. The molecule has 0 aliphatic heterocycles. The smallest absolute Gasteiger partial charge is 0.261 e. The van der Waals surface area contributed by atoms with E-state index in [0.717, 1.165) is 0 Å². The topological polar surface area (TPSA) is 72.5 Å². The molecule has 1 N–H and O–H groups in total. The van der Waals surface area contributed by atoms with E-state index in [0.29, 0.717) is 16.9 Å². The summed E-state index contributed by atoms with van der Waals surface area (Å²) in [6, 6.07) is 2.82. The minimum absolute atomic E-state index is 0.0199. The highest BCUT2D eigenvalue weighted by molar-refractivity contribution is 8.13. The summed E-state index contributed by atoms with van der Waals surface area (Å²) in [5.74, 6) is 0.227. The second kappa shape index (κ2) is 5.58. The molecule has 0 heterocycles. The molecule has 0 aliphatic carbocycles. The van der Waals surface area contributed by atoms with Crippen molar-refractivity contribution in [3.63, 3.8) is 0 Å². The number of carbonyl (C=O) groups is 1. The summed E-state index contributed by atoms with van der Waals surface area (Å²) < 4.78 is 27.8. The van der Waals surface area contributed by atoms with E-state index in [-0.39, 0.29) is 17.4 Å². The largest absolute Gasteiger partial charge is 0.483 e. The predicted octanol–water partition coefficient (Wildman–Crippen LogP) is 1.36. The number of rotatable bonds is 4. The average molecular weight is 292 g/mol. The molecule has 1 aromatic rings. The van der Waals surface area contributed by atoms with Crippen molar-refractivity contribution in [1.82, 2.24) is 5.32 Å². The lowest BCUT2D eigenvalue weighted by atomic mass is 10.1. The SMILES string of the molecule is CNC(=O)COc1c(C)cc(S(=O)(=O)Cl)cc1C. The second-order valence-electron chi connectivity index (χ2n) is 3.79. The Labute approximate surface area is 111 Å². The molecule has 7 heteroatoms. The predicted molar refractivity (Wildman–Crippen MR) is 68.5 cm³/mol. The molecular weight excluding hydrogens is 278 g/mol. The zero-order valence-corrected chi connectivity index (χ0v) is 11.9. The number of ether oxygens (including phenoxy) is 1. The molecule has 5 nitrogen and oxygen atoms in total. The summed E-state index contributed by atoms with van der Waals surface area (Å²) in [5, 5.41) is 2.43. The van der Waals surface area contributed by atoms with Crippen LogP contribution in [0, 0.1) is 13.8 Å². The molecule has 0 atom stereocenters. The van der Waals surface area contributed by atoms with E-state index in [9.17, 15) is 13.2 Å². The number of halogens is 1. The summed E-state index contributed by atoms with van der Waals surface area (Å²) in [6.45, 7) is 3.26. The van der Waals surface area contributed by atoms with Crippen LogP contribution in [0.5, 0.6) is 5.75 Å². The molecule has 0 bridgehead atoms. The molecule has 0 spiro atoms. The van der Waals surface area contributed by atoms with Crippen molar-refractivity contribution in [2.75, 3.05) is 13.7 Å². The monoisotopic (exact) mass is 291 g/mol. The van der Waals surface area contributed by atoms with Crippen molar-refractivity contribution >= 4 is 25.6 Å². The molecule has 0 unspecified atom stereocenters. The van der Waals surface area contributed by atoms with Crippen LogP contribution in [0.3, 0.4) is 0 Å². The first kappa shape index (κ1) is 14.8. The second-order valence-corrected chi connectivity index (χ2v) is 6.35. The first-order valence-electron chi connectivity index (χ1n) is 5.15. The first-order chi connectivity index (χ1) is 8.25. The van der Waals surface area contributed by atoms with Gasteiger partial charge < -0.3 is 10.1 Å². The summed E-state index contributed by atoms with van der Waals surface area (Å²) in [7, 11) is 3.02. The van der Waals surface area contributed by atoms with E-state index in [1.807, 2.05) is 0 Å². The molecule has 0 aliphatic rings. The number of benzene rings is 1. The van der Waals surface area contributed by atoms with E-state index < -0.39 is 9.05 Å². The van der Waals surface area contributed by atoms with Gasteiger partial charge in [0.25, 0.3) is 15.0 Å². The van der Waals surface area contributed by atoms with Crippen LogP contribution in [0.4, 0.5) is 0 Å². The number of hydrogen-bond acceptors (Lipinski definition) is 4. The summed E-state index contributed by atoms with van der Waals surface area (Å²) in [5.41, 5.74) is 1.22. The van der Waals surface area contributed by atoms with Gasteiger partial charge in [-0.25, -0.2) is 8.42 Å². The van der Waals surface area contributed by atoms with Crippen LogP contribution < -0.4 is 10.1 Å². The van der Waals surface area contributed by atoms with E-state index in [2.05, 4.69) is 5.32 Å². The van der Waals surface area contributed by atoms with E-state index in [1.54, 1.807) is 13.8 Å². The maximum absolute atomic E-state index is 11.2. The number of aryl methyl sites for hydroxylation is 2. The molecule has 0 radical (unpaired) electrons. The first-order valence-corrected chi connectivity index (χ1v) is 7.46. The molecule has 1 amide bonds. The van der Waals surface area contributed by atoms with Gasteiger partial charge in [-0.2, -0.15) is 0 Å². The van der Waals surface area contributed by atoms with Gasteiger partial charge in [0, 0.05) is 17.7 Å². The lowest BCUT2D eigenvalue weighted by Gasteiger charge is -2.12. The van der Waals surface area contributed by atoms with E-state index >= 15 is 0 Å². The van der Waals surface area contributed by atoms with Gasteiger partial charge in [0.15, 0.2) is 6.61 Å². The van der Waals surface area contributed by atoms with Crippen LogP contribution in [0.1, 0.15) is 11.1 Å². The molecule has 1 rings (SSSR count). The van der Waals surface area contributed by atoms with Gasteiger partial charge in [-0.1, -0.05) is 0 Å². The Balaban J connectivity index is 3.06.